The third kappa shape index (κ3) is 7.24. The number of morpholine rings is 1. The molecule has 0 bridgehead atoms. The van der Waals surface area contributed by atoms with Gasteiger partial charge in [0.1, 0.15) is 11.5 Å². The molecule has 31 heavy (non-hydrogen) atoms. The maximum absolute atomic E-state index is 12.9. The number of benzene rings is 2. The molecule has 3 rings (SSSR count). The Balaban J connectivity index is 1.68. The molecule has 0 spiro atoms. The Kier molecular flexibility index (Phi) is 8.70. The van der Waals surface area contributed by atoms with Crippen LogP contribution in [0.3, 0.4) is 0 Å². The molecule has 7 nitrogen and oxygen atoms in total. The average molecular weight is 428 g/mol. The molecule has 1 aliphatic heterocycles. The Morgan fingerprint density at radius 3 is 2.35 bits per heavy atom. The van der Waals surface area contributed by atoms with Crippen molar-refractivity contribution < 1.29 is 19.0 Å². The van der Waals surface area contributed by atoms with Gasteiger partial charge in [0, 0.05) is 56.1 Å². The zero-order chi connectivity index (χ0) is 22.1. The van der Waals surface area contributed by atoms with Crippen molar-refractivity contribution in [2.75, 3.05) is 58.9 Å². The molecule has 0 aromatic heterocycles. The maximum Gasteiger partial charge on any atom is 0.238 e. The van der Waals surface area contributed by atoms with Crippen LogP contribution in [0.4, 0.5) is 5.69 Å². The summed E-state index contributed by atoms with van der Waals surface area (Å²) in [5, 5.41) is 2.99. The summed E-state index contributed by atoms with van der Waals surface area (Å²) in [6.45, 7) is 7.48. The monoisotopic (exact) mass is 427 g/mol. The van der Waals surface area contributed by atoms with Crippen LogP contribution >= 0.6 is 0 Å². The van der Waals surface area contributed by atoms with E-state index in [1.165, 1.54) is 5.56 Å². The van der Waals surface area contributed by atoms with Gasteiger partial charge in [-0.15, -0.1) is 0 Å². The summed E-state index contributed by atoms with van der Waals surface area (Å²) < 4.78 is 16.1. The van der Waals surface area contributed by atoms with Gasteiger partial charge in [-0.3, -0.25) is 14.6 Å². The van der Waals surface area contributed by atoms with Gasteiger partial charge in [-0.1, -0.05) is 30.3 Å². The number of rotatable bonds is 10. The van der Waals surface area contributed by atoms with E-state index < -0.39 is 0 Å². The second-order valence-electron chi connectivity index (χ2n) is 7.80. The van der Waals surface area contributed by atoms with Gasteiger partial charge in [-0.25, -0.2) is 0 Å². The molecule has 1 heterocycles. The smallest absolute Gasteiger partial charge is 0.238 e. The lowest BCUT2D eigenvalue weighted by atomic mass is 10.1. The predicted molar refractivity (Wildman–Crippen MR) is 122 cm³/mol. The molecule has 1 aliphatic rings. The van der Waals surface area contributed by atoms with Crippen LogP contribution < -0.4 is 14.8 Å². The third-order valence-electron chi connectivity index (χ3n) is 5.46. The van der Waals surface area contributed by atoms with Gasteiger partial charge in [0.2, 0.25) is 5.91 Å². The summed E-state index contributed by atoms with van der Waals surface area (Å²) in [5.74, 6) is 1.20. The number of carbonyl (C=O) groups is 1. The Labute approximate surface area is 184 Å². The number of nitrogens with zero attached hydrogens (tertiary/aromatic N) is 2. The summed E-state index contributed by atoms with van der Waals surface area (Å²) in [7, 11) is 3.19. The van der Waals surface area contributed by atoms with Gasteiger partial charge >= 0.3 is 0 Å². The minimum atomic E-state index is -0.0694. The fourth-order valence-corrected chi connectivity index (χ4v) is 3.72. The van der Waals surface area contributed by atoms with Crippen molar-refractivity contribution in [1.82, 2.24) is 9.80 Å². The summed E-state index contributed by atoms with van der Waals surface area (Å²) in [4.78, 5) is 17.6. The summed E-state index contributed by atoms with van der Waals surface area (Å²) in [6, 6.07) is 15.8. The van der Waals surface area contributed by atoms with E-state index in [1.807, 2.05) is 18.2 Å². The number of amides is 1. The molecule has 1 atom stereocenters. The first-order chi connectivity index (χ1) is 15.1. The van der Waals surface area contributed by atoms with Crippen LogP contribution in [0.1, 0.15) is 12.5 Å². The van der Waals surface area contributed by atoms with Gasteiger partial charge in [0.25, 0.3) is 0 Å². The minimum Gasteiger partial charge on any atom is -0.497 e. The van der Waals surface area contributed by atoms with Crippen molar-refractivity contribution in [3.05, 3.63) is 54.1 Å². The molecule has 0 saturated carbocycles. The van der Waals surface area contributed by atoms with Crippen molar-refractivity contribution in [2.24, 2.45) is 0 Å². The van der Waals surface area contributed by atoms with Crippen LogP contribution in [-0.2, 0) is 16.1 Å². The summed E-state index contributed by atoms with van der Waals surface area (Å²) in [5.41, 5.74) is 1.84. The molecule has 0 radical (unpaired) electrons. The van der Waals surface area contributed by atoms with Crippen LogP contribution in [0.25, 0.3) is 0 Å². The molecule has 1 fully saturated rings. The van der Waals surface area contributed by atoms with Gasteiger partial charge in [0.05, 0.1) is 34.0 Å². The van der Waals surface area contributed by atoms with E-state index >= 15 is 0 Å². The molecular weight excluding hydrogens is 394 g/mol. The highest BCUT2D eigenvalue weighted by molar-refractivity contribution is 5.92. The standard InChI is InChI=1S/C24H33N3O4/c1-19(16-26-9-11-31-12-10-26)27(17-20-7-5-4-6-8-20)18-24(28)25-21-13-22(29-2)15-23(14-21)30-3/h4-8,13-15,19H,9-12,16-18H2,1-3H3,(H,25,28). The van der Waals surface area contributed by atoms with E-state index in [0.717, 1.165) is 32.8 Å². The van der Waals surface area contributed by atoms with E-state index in [1.54, 1.807) is 32.4 Å². The second-order valence-corrected chi connectivity index (χ2v) is 7.80. The number of ether oxygens (including phenoxy) is 3. The van der Waals surface area contributed by atoms with Crippen molar-refractivity contribution in [1.29, 1.82) is 0 Å². The van der Waals surface area contributed by atoms with Crippen molar-refractivity contribution >= 4 is 11.6 Å². The molecule has 1 saturated heterocycles. The predicted octanol–water partition coefficient (Wildman–Crippen LogP) is 2.87. The van der Waals surface area contributed by atoms with E-state index in [0.29, 0.717) is 30.3 Å². The van der Waals surface area contributed by atoms with Crippen LogP contribution in [-0.4, -0.2) is 75.4 Å². The van der Waals surface area contributed by atoms with E-state index in [2.05, 4.69) is 34.2 Å². The first-order valence-electron chi connectivity index (χ1n) is 10.7. The van der Waals surface area contributed by atoms with Crippen molar-refractivity contribution in [3.8, 4) is 11.5 Å². The maximum atomic E-state index is 12.9. The fraction of sp³-hybridized carbons (Fsp3) is 0.458. The zero-order valence-electron chi connectivity index (χ0n) is 18.7. The van der Waals surface area contributed by atoms with Gasteiger partial charge in [0.15, 0.2) is 0 Å². The Bertz CT molecular complexity index is 803. The quantitative estimate of drug-likeness (QED) is 0.629. The number of hydrogen-bond acceptors (Lipinski definition) is 6. The normalized spacial score (nSPS) is 15.5. The minimum absolute atomic E-state index is 0.0694. The topological polar surface area (TPSA) is 63.3 Å². The van der Waals surface area contributed by atoms with E-state index in [9.17, 15) is 4.79 Å². The molecule has 0 aliphatic carbocycles. The lowest BCUT2D eigenvalue weighted by Crippen LogP contribution is -2.47. The van der Waals surface area contributed by atoms with Crippen LogP contribution in [0.5, 0.6) is 11.5 Å². The average Bonchev–Trinajstić information content (AvgIpc) is 2.79. The zero-order valence-corrected chi connectivity index (χ0v) is 18.7. The number of anilines is 1. The Morgan fingerprint density at radius 2 is 1.74 bits per heavy atom. The van der Waals surface area contributed by atoms with Gasteiger partial charge in [-0.05, 0) is 12.5 Å². The first kappa shape index (κ1) is 23.1. The molecule has 1 N–H and O–H groups in total. The fourth-order valence-electron chi connectivity index (χ4n) is 3.72. The number of hydrogen-bond donors (Lipinski definition) is 1. The van der Waals surface area contributed by atoms with Crippen LogP contribution in [0.2, 0.25) is 0 Å². The highest BCUT2D eigenvalue weighted by Crippen LogP contribution is 2.25. The summed E-state index contributed by atoms with van der Waals surface area (Å²) in [6.07, 6.45) is 0. The van der Waals surface area contributed by atoms with Gasteiger partial charge < -0.3 is 19.5 Å². The molecule has 1 unspecified atom stereocenters. The number of methoxy groups -OCH3 is 2. The van der Waals surface area contributed by atoms with Gasteiger partial charge in [-0.2, -0.15) is 0 Å². The Morgan fingerprint density at radius 1 is 1.10 bits per heavy atom. The third-order valence-corrected chi connectivity index (χ3v) is 5.46. The number of carbonyl (C=O) groups excluding carboxylic acids is 1. The molecular formula is C24H33N3O4. The lowest BCUT2D eigenvalue weighted by molar-refractivity contribution is -0.118. The van der Waals surface area contributed by atoms with Crippen molar-refractivity contribution in [2.45, 2.75) is 19.5 Å². The van der Waals surface area contributed by atoms with Crippen LogP contribution in [0, 0.1) is 0 Å². The molecule has 2 aromatic rings. The first-order valence-corrected chi connectivity index (χ1v) is 10.7. The molecule has 168 valence electrons. The second kappa shape index (κ2) is 11.7. The highest BCUT2D eigenvalue weighted by atomic mass is 16.5. The van der Waals surface area contributed by atoms with Crippen LogP contribution in [0.15, 0.2) is 48.5 Å². The lowest BCUT2D eigenvalue weighted by Gasteiger charge is -2.34. The van der Waals surface area contributed by atoms with E-state index in [4.69, 9.17) is 14.2 Å². The SMILES string of the molecule is COc1cc(NC(=O)CN(Cc2ccccc2)C(C)CN2CCOCC2)cc(OC)c1. The molecule has 1 amide bonds. The van der Waals surface area contributed by atoms with E-state index in [-0.39, 0.29) is 11.9 Å². The molecule has 7 heteroatoms. The summed E-state index contributed by atoms with van der Waals surface area (Å²) >= 11 is 0. The number of nitrogens with one attached hydrogen (secondary N) is 1. The Hall–Kier alpha value is -2.61. The molecule has 2 aromatic carbocycles. The largest absolute Gasteiger partial charge is 0.497 e. The highest BCUT2D eigenvalue weighted by Gasteiger charge is 2.22. The van der Waals surface area contributed by atoms with Crippen molar-refractivity contribution in [3.63, 3.8) is 0 Å².